The summed E-state index contributed by atoms with van der Waals surface area (Å²) in [6.45, 7) is 12.5. The van der Waals surface area contributed by atoms with Crippen LogP contribution < -0.4 is 0 Å². The lowest BCUT2D eigenvalue weighted by Crippen LogP contribution is -2.50. The van der Waals surface area contributed by atoms with E-state index in [1.54, 1.807) is 0 Å². The zero-order valence-corrected chi connectivity index (χ0v) is 15.0. The van der Waals surface area contributed by atoms with Crippen LogP contribution >= 0.6 is 11.3 Å². The second kappa shape index (κ2) is 7.47. The van der Waals surface area contributed by atoms with Gasteiger partial charge in [0.15, 0.2) is 0 Å². The van der Waals surface area contributed by atoms with Crippen molar-refractivity contribution in [2.24, 2.45) is 0 Å². The Kier molecular flexibility index (Phi) is 5.87. The summed E-state index contributed by atoms with van der Waals surface area (Å²) in [5.74, 6) is 0. The third-order valence-electron chi connectivity index (χ3n) is 3.87. The summed E-state index contributed by atoms with van der Waals surface area (Å²) in [7, 11) is 0. The summed E-state index contributed by atoms with van der Waals surface area (Å²) in [6, 6.07) is 2.19. The molecule has 0 spiro atoms. The summed E-state index contributed by atoms with van der Waals surface area (Å²) < 4.78 is 5.43. The molecule has 0 aromatic carbocycles. The number of ether oxygens (including phenoxy) is 1. The minimum Gasteiger partial charge on any atom is -0.444 e. The van der Waals surface area contributed by atoms with Crippen molar-refractivity contribution in [1.29, 1.82) is 0 Å². The lowest BCUT2D eigenvalue weighted by Gasteiger charge is -2.35. The highest BCUT2D eigenvalue weighted by Crippen LogP contribution is 2.18. The first kappa shape index (κ1) is 17.3. The first-order valence-corrected chi connectivity index (χ1v) is 8.96. The van der Waals surface area contributed by atoms with Gasteiger partial charge in [-0.1, -0.05) is 0 Å². The monoisotopic (exact) mass is 324 g/mol. The predicted octanol–water partition coefficient (Wildman–Crippen LogP) is 3.54. The zero-order chi connectivity index (χ0) is 16.2. The molecule has 0 unspecified atom stereocenters. The predicted molar refractivity (Wildman–Crippen MR) is 91.6 cm³/mol. The van der Waals surface area contributed by atoms with Crippen LogP contribution in [0.1, 0.15) is 37.6 Å². The van der Waals surface area contributed by atoms with Crippen molar-refractivity contribution in [2.45, 2.75) is 46.1 Å². The van der Waals surface area contributed by atoms with E-state index in [9.17, 15) is 4.79 Å². The molecule has 0 bridgehead atoms. The second-order valence-corrected chi connectivity index (χ2v) is 7.94. The second-order valence-electron chi connectivity index (χ2n) is 6.94. The van der Waals surface area contributed by atoms with E-state index in [-0.39, 0.29) is 6.09 Å². The van der Waals surface area contributed by atoms with Crippen LogP contribution in [0.2, 0.25) is 0 Å². The van der Waals surface area contributed by atoms with Crippen molar-refractivity contribution in [2.75, 3.05) is 32.7 Å². The Morgan fingerprint density at radius 2 is 1.95 bits per heavy atom. The molecule has 2 heterocycles. The van der Waals surface area contributed by atoms with Gasteiger partial charge in [-0.15, -0.1) is 11.3 Å². The fraction of sp³-hybridized carbons (Fsp3) is 0.706. The van der Waals surface area contributed by atoms with Gasteiger partial charge < -0.3 is 9.64 Å². The fourth-order valence-corrected chi connectivity index (χ4v) is 3.56. The normalized spacial score (nSPS) is 16.8. The van der Waals surface area contributed by atoms with Gasteiger partial charge in [0.05, 0.1) is 0 Å². The number of amides is 1. The van der Waals surface area contributed by atoms with Crippen molar-refractivity contribution >= 4 is 17.4 Å². The molecule has 1 amide bonds. The van der Waals surface area contributed by atoms with Crippen LogP contribution in [0.5, 0.6) is 0 Å². The summed E-state index contributed by atoms with van der Waals surface area (Å²) >= 11 is 1.86. The number of hydrogen-bond donors (Lipinski definition) is 0. The van der Waals surface area contributed by atoms with Gasteiger partial charge in [0.25, 0.3) is 0 Å². The highest BCUT2D eigenvalue weighted by Gasteiger charge is 2.25. The molecule has 1 aromatic rings. The van der Waals surface area contributed by atoms with Crippen LogP contribution in [0.15, 0.2) is 11.4 Å². The molecule has 1 fully saturated rings. The Labute approximate surface area is 138 Å². The van der Waals surface area contributed by atoms with Gasteiger partial charge in [-0.3, -0.25) is 4.90 Å². The summed E-state index contributed by atoms with van der Waals surface area (Å²) in [5.41, 5.74) is 1.01. The molecule has 0 aliphatic carbocycles. The van der Waals surface area contributed by atoms with Crippen molar-refractivity contribution < 1.29 is 9.53 Å². The number of rotatable bonds is 4. The molecule has 0 radical (unpaired) electrons. The van der Waals surface area contributed by atoms with E-state index in [4.69, 9.17) is 4.74 Å². The lowest BCUT2D eigenvalue weighted by atomic mass is 10.2. The molecule has 1 saturated heterocycles. The summed E-state index contributed by atoms with van der Waals surface area (Å²) in [5, 5.41) is 2.17. The maximum Gasteiger partial charge on any atom is 0.410 e. The molecule has 124 valence electrons. The lowest BCUT2D eigenvalue weighted by molar-refractivity contribution is 0.0145. The van der Waals surface area contributed by atoms with E-state index >= 15 is 0 Å². The van der Waals surface area contributed by atoms with Gasteiger partial charge in [0.2, 0.25) is 0 Å². The SMILES string of the molecule is Cc1ccsc1CCCN1CCN(C(=O)OC(C)(C)C)CC1. The van der Waals surface area contributed by atoms with E-state index in [0.717, 1.165) is 39.1 Å². The molecule has 1 aliphatic heterocycles. The molecule has 2 rings (SSSR count). The van der Waals surface area contributed by atoms with Crippen LogP contribution in [-0.2, 0) is 11.2 Å². The minimum atomic E-state index is -0.410. The average Bonchev–Trinajstić information content (AvgIpc) is 2.83. The number of aryl methyl sites for hydroxylation is 2. The van der Waals surface area contributed by atoms with Crippen molar-refractivity contribution in [3.63, 3.8) is 0 Å². The minimum absolute atomic E-state index is 0.179. The number of carbonyl (C=O) groups is 1. The van der Waals surface area contributed by atoms with Gasteiger partial charge >= 0.3 is 6.09 Å². The van der Waals surface area contributed by atoms with E-state index in [1.165, 1.54) is 16.9 Å². The van der Waals surface area contributed by atoms with Crippen molar-refractivity contribution in [1.82, 2.24) is 9.80 Å². The average molecular weight is 324 g/mol. The van der Waals surface area contributed by atoms with Crippen molar-refractivity contribution in [3.8, 4) is 0 Å². The zero-order valence-electron chi connectivity index (χ0n) is 14.2. The number of nitrogens with zero attached hydrogens (tertiary/aromatic N) is 2. The van der Waals surface area contributed by atoms with Gasteiger partial charge in [-0.2, -0.15) is 0 Å². The van der Waals surface area contributed by atoms with E-state index in [2.05, 4.69) is 23.3 Å². The molecular formula is C17H28N2O2S. The topological polar surface area (TPSA) is 32.8 Å². The molecule has 0 N–H and O–H groups in total. The fourth-order valence-electron chi connectivity index (χ4n) is 2.60. The van der Waals surface area contributed by atoms with Crippen LogP contribution in [0.3, 0.4) is 0 Å². The third-order valence-corrected chi connectivity index (χ3v) is 4.95. The van der Waals surface area contributed by atoms with Crippen LogP contribution in [0, 0.1) is 6.92 Å². The Bertz CT molecular complexity index is 485. The van der Waals surface area contributed by atoms with E-state index in [0.29, 0.717) is 0 Å². The molecular weight excluding hydrogens is 296 g/mol. The maximum atomic E-state index is 12.0. The molecule has 4 nitrogen and oxygen atoms in total. The Morgan fingerprint density at radius 1 is 1.27 bits per heavy atom. The van der Waals surface area contributed by atoms with E-state index < -0.39 is 5.60 Å². The quantitative estimate of drug-likeness (QED) is 0.849. The van der Waals surface area contributed by atoms with Crippen LogP contribution in [-0.4, -0.2) is 54.2 Å². The highest BCUT2D eigenvalue weighted by molar-refractivity contribution is 7.10. The number of thiophene rings is 1. The molecule has 0 saturated carbocycles. The van der Waals surface area contributed by atoms with Crippen LogP contribution in [0.4, 0.5) is 4.79 Å². The van der Waals surface area contributed by atoms with Gasteiger partial charge in [0.1, 0.15) is 5.60 Å². The third kappa shape index (κ3) is 5.29. The standard InChI is InChI=1S/C17H28N2O2S/c1-14-7-13-22-15(14)6-5-8-18-9-11-19(12-10-18)16(20)21-17(2,3)4/h7,13H,5-6,8-12H2,1-4H3. The molecule has 1 aromatic heterocycles. The van der Waals surface area contributed by atoms with Crippen LogP contribution in [0.25, 0.3) is 0 Å². The Balaban J connectivity index is 1.67. The molecule has 5 heteroatoms. The highest BCUT2D eigenvalue weighted by atomic mass is 32.1. The van der Waals surface area contributed by atoms with Crippen molar-refractivity contribution in [3.05, 3.63) is 21.9 Å². The Morgan fingerprint density at radius 3 is 2.50 bits per heavy atom. The smallest absolute Gasteiger partial charge is 0.410 e. The maximum absolute atomic E-state index is 12.0. The number of piperazine rings is 1. The van der Waals surface area contributed by atoms with Gasteiger partial charge in [0, 0.05) is 31.1 Å². The van der Waals surface area contributed by atoms with Gasteiger partial charge in [-0.05, 0) is 64.1 Å². The Hall–Kier alpha value is -1.07. The summed E-state index contributed by atoms with van der Waals surface area (Å²) in [4.78, 5) is 17.8. The van der Waals surface area contributed by atoms with E-state index in [1.807, 2.05) is 37.0 Å². The molecule has 1 aliphatic rings. The molecule has 0 atom stereocenters. The first-order chi connectivity index (χ1) is 10.3. The number of hydrogen-bond acceptors (Lipinski definition) is 4. The number of carbonyl (C=O) groups excluding carboxylic acids is 1. The first-order valence-electron chi connectivity index (χ1n) is 8.08. The molecule has 22 heavy (non-hydrogen) atoms. The summed E-state index contributed by atoms with van der Waals surface area (Å²) in [6.07, 6.45) is 2.17. The largest absolute Gasteiger partial charge is 0.444 e. The van der Waals surface area contributed by atoms with Gasteiger partial charge in [-0.25, -0.2) is 4.79 Å².